The number of amides is 1. The number of piperazine rings is 1. The highest BCUT2D eigenvalue weighted by Gasteiger charge is 2.77. The average molecular weight is 860 g/mol. The van der Waals surface area contributed by atoms with Crippen molar-refractivity contribution in [2.45, 2.75) is 93.3 Å². The summed E-state index contributed by atoms with van der Waals surface area (Å²) in [6, 6.07) is 5.07. The predicted molar refractivity (Wildman–Crippen MR) is 211 cm³/mol. The molecule has 12 nitrogen and oxygen atoms in total. The number of hydrogen-bond donors (Lipinski definition) is 0. The van der Waals surface area contributed by atoms with E-state index in [1.54, 1.807) is 25.7 Å². The number of halogens is 5. The van der Waals surface area contributed by atoms with Crippen molar-refractivity contribution in [3.8, 4) is 22.9 Å². The van der Waals surface area contributed by atoms with Gasteiger partial charge in [-0.05, 0) is 89.1 Å². The molecular weight excluding hydrogens is 814 g/mol. The largest absolute Gasteiger partial charge is 0.468 e. The molecule has 4 atom stereocenters. The zero-order valence-electron chi connectivity index (χ0n) is 33.9. The molecule has 5 aliphatic rings. The third kappa shape index (κ3) is 6.76. The van der Waals surface area contributed by atoms with E-state index in [0.717, 1.165) is 18.7 Å². The fourth-order valence-electron chi connectivity index (χ4n) is 10.1. The van der Waals surface area contributed by atoms with Gasteiger partial charge in [-0.1, -0.05) is 6.07 Å². The van der Waals surface area contributed by atoms with E-state index in [2.05, 4.69) is 4.98 Å². The minimum atomic E-state index is -4.33. The maximum Gasteiger partial charge on any atom is 0.410 e. The molecule has 5 heterocycles. The van der Waals surface area contributed by atoms with E-state index < -0.39 is 71.7 Å². The van der Waals surface area contributed by atoms with Gasteiger partial charge in [-0.15, -0.1) is 0 Å². The highest BCUT2D eigenvalue weighted by atomic mass is 32.2. The Labute approximate surface area is 343 Å². The van der Waals surface area contributed by atoms with Gasteiger partial charge in [0.15, 0.2) is 34.1 Å². The lowest BCUT2D eigenvalue weighted by Gasteiger charge is -2.42. The Morgan fingerprint density at radius 3 is 2.35 bits per heavy atom. The smallest absolute Gasteiger partial charge is 0.410 e. The van der Waals surface area contributed by atoms with Crippen LogP contribution >= 0.6 is 0 Å². The summed E-state index contributed by atoms with van der Waals surface area (Å²) in [6.45, 7) is 6.34. The number of benzene rings is 3. The normalized spacial score (nSPS) is 26.0. The Hall–Kier alpha value is -4.55. The van der Waals surface area contributed by atoms with Gasteiger partial charge >= 0.3 is 12.1 Å². The fraction of sp³-hybridized carbons (Fsp3) is 0.548. The van der Waals surface area contributed by atoms with Crippen molar-refractivity contribution < 1.29 is 54.1 Å². The number of alkyl halides is 2. The number of carbonyl (C=O) groups is 1. The molecule has 1 spiro atoms. The molecule has 1 aliphatic carbocycles. The molecule has 2 bridgehead atoms. The lowest BCUT2D eigenvalue weighted by Crippen LogP contribution is -2.57. The van der Waals surface area contributed by atoms with Crippen LogP contribution in [-0.4, -0.2) is 116 Å². The van der Waals surface area contributed by atoms with E-state index in [9.17, 15) is 26.4 Å². The third-order valence-corrected chi connectivity index (χ3v) is 13.9. The SMILES string of the molecule is COCOc1cc(-c2c(S(C)(=O)=O)cc3c(N4C[C@H]5CC[C@@H](C4)N5C(=O)OC(C)(C)C)nc(OC[C@@]45CCCN4C[C@@]4(CC4(F)F)C5)nc3c2F)c2c(F)c(F)ccc2c1. The number of sulfone groups is 1. The van der Waals surface area contributed by atoms with Crippen LogP contribution in [0.5, 0.6) is 11.8 Å². The summed E-state index contributed by atoms with van der Waals surface area (Å²) in [6.07, 6.45) is 3.10. The van der Waals surface area contributed by atoms with Crippen LogP contribution in [0, 0.1) is 22.9 Å². The summed E-state index contributed by atoms with van der Waals surface area (Å²) in [5, 5.41) is -0.302. The van der Waals surface area contributed by atoms with Crippen LogP contribution in [0.15, 0.2) is 35.2 Å². The highest BCUT2D eigenvalue weighted by Crippen LogP contribution is 2.69. The zero-order chi connectivity index (χ0) is 42.7. The van der Waals surface area contributed by atoms with Gasteiger partial charge in [0.2, 0.25) is 0 Å². The molecule has 3 aromatic carbocycles. The van der Waals surface area contributed by atoms with Crippen molar-refractivity contribution in [3.05, 3.63) is 47.8 Å². The molecule has 18 heteroatoms. The van der Waals surface area contributed by atoms with Crippen molar-refractivity contribution in [2.75, 3.05) is 57.8 Å². The first-order valence-electron chi connectivity index (χ1n) is 20.0. The second kappa shape index (κ2) is 14.0. The number of nitrogens with zero attached hydrogens (tertiary/aromatic N) is 5. The van der Waals surface area contributed by atoms with Crippen molar-refractivity contribution in [1.29, 1.82) is 0 Å². The van der Waals surface area contributed by atoms with E-state index in [1.165, 1.54) is 31.4 Å². The quantitative estimate of drug-likeness (QED) is 0.123. The summed E-state index contributed by atoms with van der Waals surface area (Å²) in [7, 11) is -2.96. The van der Waals surface area contributed by atoms with E-state index >= 15 is 8.78 Å². The van der Waals surface area contributed by atoms with E-state index in [0.29, 0.717) is 25.8 Å². The molecule has 4 aliphatic heterocycles. The molecule has 0 N–H and O–H groups in total. The molecule has 4 saturated heterocycles. The van der Waals surface area contributed by atoms with Crippen LogP contribution in [0.3, 0.4) is 0 Å². The second-order valence-electron chi connectivity index (χ2n) is 18.1. The molecule has 4 aromatic rings. The first kappa shape index (κ1) is 40.8. The van der Waals surface area contributed by atoms with Crippen molar-refractivity contribution in [2.24, 2.45) is 5.41 Å². The minimum Gasteiger partial charge on any atom is -0.468 e. The van der Waals surface area contributed by atoms with Gasteiger partial charge in [0.1, 0.15) is 29.3 Å². The summed E-state index contributed by atoms with van der Waals surface area (Å²) in [5.74, 6) is -6.33. The Kier molecular flexibility index (Phi) is 9.52. The molecule has 0 radical (unpaired) electrons. The van der Waals surface area contributed by atoms with Gasteiger partial charge in [-0.25, -0.2) is 35.2 Å². The van der Waals surface area contributed by atoms with Crippen molar-refractivity contribution >= 4 is 43.4 Å². The van der Waals surface area contributed by atoms with Crippen molar-refractivity contribution in [3.63, 3.8) is 0 Å². The highest BCUT2D eigenvalue weighted by molar-refractivity contribution is 7.90. The predicted octanol–water partition coefficient (Wildman–Crippen LogP) is 7.48. The number of anilines is 1. The maximum absolute atomic E-state index is 17.8. The Morgan fingerprint density at radius 2 is 1.70 bits per heavy atom. The molecule has 9 rings (SSSR count). The number of rotatable bonds is 9. The van der Waals surface area contributed by atoms with Gasteiger partial charge < -0.3 is 23.8 Å². The average Bonchev–Trinajstić information content (AvgIpc) is 3.44. The van der Waals surface area contributed by atoms with Gasteiger partial charge in [0.05, 0.1) is 27.9 Å². The number of fused-ring (bicyclic) bond motifs is 5. The number of aromatic nitrogens is 2. The van der Waals surface area contributed by atoms with Gasteiger partial charge in [0.25, 0.3) is 5.92 Å². The molecule has 1 aromatic heterocycles. The van der Waals surface area contributed by atoms with Gasteiger partial charge in [0, 0.05) is 61.3 Å². The molecule has 322 valence electrons. The Morgan fingerprint density at radius 1 is 0.983 bits per heavy atom. The van der Waals surface area contributed by atoms with E-state index in [4.69, 9.17) is 23.9 Å². The zero-order valence-corrected chi connectivity index (χ0v) is 34.7. The van der Waals surface area contributed by atoms with Crippen molar-refractivity contribution in [1.82, 2.24) is 19.8 Å². The van der Waals surface area contributed by atoms with Crippen LogP contribution < -0.4 is 14.4 Å². The number of ether oxygens (including phenoxy) is 4. The number of methoxy groups -OCH3 is 1. The molecule has 1 saturated carbocycles. The molecule has 5 fully saturated rings. The number of carbonyl (C=O) groups excluding carboxylic acids is 1. The van der Waals surface area contributed by atoms with Gasteiger partial charge in [-0.2, -0.15) is 9.97 Å². The first-order valence-corrected chi connectivity index (χ1v) is 21.9. The number of hydrogen-bond acceptors (Lipinski definition) is 11. The third-order valence-electron chi connectivity index (χ3n) is 12.8. The lowest BCUT2D eigenvalue weighted by atomic mass is 9.89. The van der Waals surface area contributed by atoms with E-state index in [-0.39, 0.29) is 97.4 Å². The summed E-state index contributed by atoms with van der Waals surface area (Å²) in [4.78, 5) is 27.7. The lowest BCUT2D eigenvalue weighted by molar-refractivity contribution is 0.0122. The monoisotopic (exact) mass is 859 g/mol. The second-order valence-corrected chi connectivity index (χ2v) is 20.1. The van der Waals surface area contributed by atoms with Crippen LogP contribution in [0.2, 0.25) is 0 Å². The maximum atomic E-state index is 17.8. The van der Waals surface area contributed by atoms with Crippen LogP contribution in [0.4, 0.5) is 32.6 Å². The molecule has 1 amide bonds. The first-order chi connectivity index (χ1) is 28.2. The van der Waals surface area contributed by atoms with Crippen LogP contribution in [0.1, 0.15) is 59.3 Å². The summed E-state index contributed by atoms with van der Waals surface area (Å²) in [5.41, 5.74) is -3.85. The molecule has 60 heavy (non-hydrogen) atoms. The molecular formula is C42H46F5N5O7S. The fourth-order valence-corrected chi connectivity index (χ4v) is 11.0. The van der Waals surface area contributed by atoms with Gasteiger partial charge in [-0.3, -0.25) is 9.80 Å². The van der Waals surface area contributed by atoms with E-state index in [1.807, 2.05) is 9.80 Å². The Balaban J connectivity index is 1.21. The van der Waals surface area contributed by atoms with Crippen LogP contribution in [-0.2, 0) is 19.3 Å². The summed E-state index contributed by atoms with van der Waals surface area (Å²) >= 11 is 0. The Bertz CT molecular complexity index is 2540. The standard InChI is InChI=1S/C42H46F5N5O7S/c1-39(2,3)59-38(53)52-24-8-9-25(52)17-50(16-24)36-28-15-30(60(5,54)55)32(27-14-26(58-22-56-4)13-23-7-10-29(43)33(44)31(23)27)34(45)35(28)48-37(49-36)57-21-41-11-6-12-51(41)20-40(18-41)19-42(40,46)47/h7,10,13-15,24-25H,6,8-9,11-12,16-22H2,1-5H3/t24-,25+,40-,41-/m0/s1. The molecule has 0 unspecified atom stereocenters. The minimum absolute atomic E-state index is 0.00464. The summed E-state index contributed by atoms with van der Waals surface area (Å²) < 4.78 is 128. The van der Waals surface area contributed by atoms with Crippen LogP contribution in [0.25, 0.3) is 32.8 Å². The topological polar surface area (TPSA) is 124 Å².